The van der Waals surface area contributed by atoms with Crippen molar-refractivity contribution in [3.8, 4) is 5.75 Å². The lowest BCUT2D eigenvalue weighted by Crippen LogP contribution is -1.99. The molecule has 5 heteroatoms. The summed E-state index contributed by atoms with van der Waals surface area (Å²) in [6, 6.07) is 10.8. The third-order valence-electron chi connectivity index (χ3n) is 2.43. The molecule has 2 aromatic rings. The second-order valence-electron chi connectivity index (χ2n) is 3.77. The first-order valence-corrected chi connectivity index (χ1v) is 6.77. The van der Waals surface area contributed by atoms with Gasteiger partial charge in [-0.15, -0.1) is 0 Å². The molecule has 0 aliphatic rings. The third-order valence-corrected chi connectivity index (χ3v) is 3.95. The Balaban J connectivity index is 2.06. The molecule has 0 spiro atoms. The van der Waals surface area contributed by atoms with Crippen LogP contribution in [-0.4, -0.2) is 5.11 Å². The Labute approximate surface area is 124 Å². The summed E-state index contributed by atoms with van der Waals surface area (Å²) in [6.45, 7) is 0.619. The summed E-state index contributed by atoms with van der Waals surface area (Å²) in [4.78, 5) is 0. The average Bonchev–Trinajstić information content (AvgIpc) is 2.35. The van der Waals surface area contributed by atoms with Crippen molar-refractivity contribution < 1.29 is 5.11 Å². The van der Waals surface area contributed by atoms with Crippen molar-refractivity contribution in [3.63, 3.8) is 0 Å². The molecule has 0 aliphatic carbocycles. The molecule has 0 unspecified atom stereocenters. The molecule has 94 valence electrons. The van der Waals surface area contributed by atoms with Crippen LogP contribution in [-0.2, 0) is 6.54 Å². The maximum Gasteiger partial charge on any atom is 0.134 e. The first kappa shape index (κ1) is 13.5. The highest BCUT2D eigenvalue weighted by molar-refractivity contribution is 9.10. The van der Waals surface area contributed by atoms with Crippen LogP contribution >= 0.6 is 39.1 Å². The van der Waals surface area contributed by atoms with Crippen LogP contribution in [0.15, 0.2) is 40.9 Å². The number of phenolic OH excluding ortho intramolecular Hbond substituents is 1. The molecular formula is C13H10BrCl2NO. The van der Waals surface area contributed by atoms with Crippen molar-refractivity contribution in [2.24, 2.45) is 0 Å². The molecule has 0 heterocycles. The van der Waals surface area contributed by atoms with E-state index in [2.05, 4.69) is 21.2 Å². The molecule has 2 N–H and O–H groups in total. The van der Waals surface area contributed by atoms with Crippen molar-refractivity contribution in [2.45, 2.75) is 6.54 Å². The van der Waals surface area contributed by atoms with Crippen molar-refractivity contribution >= 4 is 44.8 Å². The molecule has 0 saturated heterocycles. The number of benzene rings is 2. The molecule has 0 aliphatic heterocycles. The first-order chi connectivity index (χ1) is 8.56. The van der Waals surface area contributed by atoms with Gasteiger partial charge in [0.05, 0.1) is 10.0 Å². The number of hydrogen-bond donors (Lipinski definition) is 2. The molecule has 2 aromatic carbocycles. The van der Waals surface area contributed by atoms with E-state index in [0.717, 1.165) is 15.7 Å². The van der Waals surface area contributed by atoms with Crippen LogP contribution in [0.1, 0.15) is 5.56 Å². The van der Waals surface area contributed by atoms with Gasteiger partial charge in [0, 0.05) is 16.7 Å². The largest absolute Gasteiger partial charge is 0.506 e. The number of nitrogens with one attached hydrogen (secondary N) is 1. The molecule has 0 bridgehead atoms. The highest BCUT2D eigenvalue weighted by Crippen LogP contribution is 2.27. The molecule has 2 nitrogen and oxygen atoms in total. The van der Waals surface area contributed by atoms with Crippen LogP contribution in [0.2, 0.25) is 10.0 Å². The molecule has 0 saturated carbocycles. The van der Waals surface area contributed by atoms with Gasteiger partial charge in [-0.25, -0.2) is 0 Å². The molecular weight excluding hydrogens is 337 g/mol. The predicted octanol–water partition coefficient (Wildman–Crippen LogP) is 5.07. The van der Waals surface area contributed by atoms with Crippen LogP contribution in [0, 0.1) is 0 Å². The quantitative estimate of drug-likeness (QED) is 0.812. The lowest BCUT2D eigenvalue weighted by atomic mass is 10.2. The Morgan fingerprint density at radius 3 is 2.50 bits per heavy atom. The van der Waals surface area contributed by atoms with Crippen LogP contribution in [0.3, 0.4) is 0 Å². The van der Waals surface area contributed by atoms with Gasteiger partial charge in [0.25, 0.3) is 0 Å². The van der Waals surface area contributed by atoms with Gasteiger partial charge in [-0.05, 0) is 51.8 Å². The molecule has 0 radical (unpaired) electrons. The zero-order valence-corrected chi connectivity index (χ0v) is 12.4. The van der Waals surface area contributed by atoms with Crippen LogP contribution in [0.25, 0.3) is 0 Å². The van der Waals surface area contributed by atoms with Gasteiger partial charge in [0.15, 0.2) is 0 Å². The van der Waals surface area contributed by atoms with Crippen molar-refractivity contribution in [1.82, 2.24) is 0 Å². The topological polar surface area (TPSA) is 32.3 Å². The fourth-order valence-corrected chi connectivity index (χ4v) is 2.17. The van der Waals surface area contributed by atoms with Crippen LogP contribution in [0.4, 0.5) is 5.69 Å². The van der Waals surface area contributed by atoms with E-state index in [4.69, 9.17) is 23.2 Å². The van der Waals surface area contributed by atoms with Crippen LogP contribution < -0.4 is 5.32 Å². The Hall–Kier alpha value is -0.900. The standard InChI is InChI=1S/C13H10BrCl2NO/c14-10-6-9(2-3-11(10)15)17-7-8-1-4-13(18)12(16)5-8/h1-6,17-18H,7H2. The number of halogens is 3. The third kappa shape index (κ3) is 3.31. The summed E-state index contributed by atoms with van der Waals surface area (Å²) < 4.78 is 0.845. The van der Waals surface area contributed by atoms with Gasteiger partial charge in [-0.3, -0.25) is 0 Å². The van der Waals surface area contributed by atoms with Crippen LogP contribution in [0.5, 0.6) is 5.75 Å². The summed E-state index contributed by atoms with van der Waals surface area (Å²) in [5, 5.41) is 13.6. The van der Waals surface area contributed by atoms with E-state index in [1.807, 2.05) is 24.3 Å². The molecule has 18 heavy (non-hydrogen) atoms. The monoisotopic (exact) mass is 345 g/mol. The maximum absolute atomic E-state index is 9.32. The van der Waals surface area contributed by atoms with Crippen molar-refractivity contribution in [2.75, 3.05) is 5.32 Å². The van der Waals surface area contributed by atoms with Gasteiger partial charge < -0.3 is 10.4 Å². The van der Waals surface area contributed by atoms with Gasteiger partial charge >= 0.3 is 0 Å². The molecule has 0 fully saturated rings. The lowest BCUT2D eigenvalue weighted by Gasteiger charge is -2.08. The second-order valence-corrected chi connectivity index (χ2v) is 5.44. The number of aromatic hydroxyl groups is 1. The van der Waals surface area contributed by atoms with E-state index in [1.165, 1.54) is 0 Å². The summed E-state index contributed by atoms with van der Waals surface area (Å²) in [6.07, 6.45) is 0. The summed E-state index contributed by atoms with van der Waals surface area (Å²) in [7, 11) is 0. The zero-order chi connectivity index (χ0) is 13.1. The smallest absolute Gasteiger partial charge is 0.134 e. The summed E-state index contributed by atoms with van der Waals surface area (Å²) in [5.41, 5.74) is 1.94. The minimum absolute atomic E-state index is 0.0923. The SMILES string of the molecule is Oc1ccc(CNc2ccc(Cl)c(Br)c2)cc1Cl. The van der Waals surface area contributed by atoms with Gasteiger partial charge in [-0.2, -0.15) is 0 Å². The van der Waals surface area contributed by atoms with E-state index in [0.29, 0.717) is 16.6 Å². The van der Waals surface area contributed by atoms with E-state index in [1.54, 1.807) is 12.1 Å². The van der Waals surface area contributed by atoms with Gasteiger partial charge in [-0.1, -0.05) is 29.3 Å². The molecule has 0 atom stereocenters. The lowest BCUT2D eigenvalue weighted by molar-refractivity contribution is 0.475. The average molecular weight is 347 g/mol. The number of rotatable bonds is 3. The predicted molar refractivity (Wildman–Crippen MR) is 79.6 cm³/mol. The molecule has 2 rings (SSSR count). The second kappa shape index (κ2) is 5.83. The van der Waals surface area contributed by atoms with Gasteiger partial charge in [0.1, 0.15) is 5.75 Å². The van der Waals surface area contributed by atoms with Gasteiger partial charge in [0.2, 0.25) is 0 Å². The van der Waals surface area contributed by atoms with E-state index in [9.17, 15) is 5.11 Å². The van der Waals surface area contributed by atoms with E-state index >= 15 is 0 Å². The Bertz CT molecular complexity index is 523. The Kier molecular flexibility index (Phi) is 4.38. The number of anilines is 1. The Morgan fingerprint density at radius 1 is 1.06 bits per heavy atom. The van der Waals surface area contributed by atoms with Crippen molar-refractivity contribution in [1.29, 1.82) is 0 Å². The fraction of sp³-hybridized carbons (Fsp3) is 0.0769. The minimum Gasteiger partial charge on any atom is -0.506 e. The molecule has 0 aromatic heterocycles. The van der Waals surface area contributed by atoms with E-state index < -0.39 is 0 Å². The van der Waals surface area contributed by atoms with E-state index in [-0.39, 0.29) is 5.75 Å². The van der Waals surface area contributed by atoms with Crippen molar-refractivity contribution in [3.05, 3.63) is 56.5 Å². The summed E-state index contributed by atoms with van der Waals surface area (Å²) in [5.74, 6) is 0.0923. The maximum atomic E-state index is 9.32. The first-order valence-electron chi connectivity index (χ1n) is 5.22. The zero-order valence-electron chi connectivity index (χ0n) is 9.25. The fourth-order valence-electron chi connectivity index (χ4n) is 1.47. The Morgan fingerprint density at radius 2 is 1.83 bits per heavy atom. The highest BCUT2D eigenvalue weighted by atomic mass is 79.9. The summed E-state index contributed by atoms with van der Waals surface area (Å²) >= 11 is 15.1. The highest BCUT2D eigenvalue weighted by Gasteiger charge is 2.01. The number of phenols is 1. The number of hydrogen-bond acceptors (Lipinski definition) is 2. The normalized spacial score (nSPS) is 10.4. The minimum atomic E-state index is 0.0923. The molecule has 0 amide bonds.